The summed E-state index contributed by atoms with van der Waals surface area (Å²) in [6, 6.07) is 10.4. The van der Waals surface area contributed by atoms with Gasteiger partial charge in [-0.15, -0.1) is 0 Å². The Balaban J connectivity index is 1.94. The minimum atomic E-state index is 0.608. The molecule has 0 spiro atoms. The highest BCUT2D eigenvalue weighted by molar-refractivity contribution is 5.79. The van der Waals surface area contributed by atoms with E-state index < -0.39 is 0 Å². The molecule has 0 saturated carbocycles. The van der Waals surface area contributed by atoms with Gasteiger partial charge >= 0.3 is 0 Å². The molecule has 0 amide bonds. The van der Waals surface area contributed by atoms with Crippen molar-refractivity contribution in [3.63, 3.8) is 0 Å². The number of aromatic nitrogens is 1. The Labute approximate surface area is 162 Å². The molecule has 0 aliphatic rings. The minimum absolute atomic E-state index is 0.608. The first-order chi connectivity index (χ1) is 13.0. The topological polar surface area (TPSA) is 61.8 Å². The molecule has 6 heteroatoms. The number of guanidine groups is 1. The lowest BCUT2D eigenvalue weighted by Gasteiger charge is -2.13. The molecule has 0 saturated heterocycles. The lowest BCUT2D eigenvalue weighted by molar-refractivity contribution is 0.411. The third kappa shape index (κ3) is 6.47. The molecule has 2 N–H and O–H groups in total. The Morgan fingerprint density at radius 1 is 1.15 bits per heavy atom. The van der Waals surface area contributed by atoms with Gasteiger partial charge in [0, 0.05) is 33.4 Å². The number of aryl methyl sites for hydroxylation is 1. The molecule has 27 heavy (non-hydrogen) atoms. The Hall–Kier alpha value is -2.76. The SMILES string of the molecule is CCNC(=NCc1ccnc(N(C)C)c1)NCCc1ccc(C)c(OC)c1. The van der Waals surface area contributed by atoms with Crippen molar-refractivity contribution in [2.75, 3.05) is 39.2 Å². The monoisotopic (exact) mass is 369 g/mol. The summed E-state index contributed by atoms with van der Waals surface area (Å²) in [4.78, 5) is 11.0. The van der Waals surface area contributed by atoms with Crippen molar-refractivity contribution in [2.24, 2.45) is 4.99 Å². The van der Waals surface area contributed by atoms with E-state index in [0.29, 0.717) is 6.54 Å². The van der Waals surface area contributed by atoms with Crippen molar-refractivity contribution >= 4 is 11.8 Å². The summed E-state index contributed by atoms with van der Waals surface area (Å²) in [5.41, 5.74) is 3.53. The van der Waals surface area contributed by atoms with Gasteiger partial charge in [0.1, 0.15) is 11.6 Å². The molecule has 146 valence electrons. The second-order valence-corrected chi connectivity index (χ2v) is 6.59. The van der Waals surface area contributed by atoms with Gasteiger partial charge in [0.15, 0.2) is 5.96 Å². The number of methoxy groups -OCH3 is 1. The Kier molecular flexibility index (Phi) is 7.92. The smallest absolute Gasteiger partial charge is 0.191 e. The predicted molar refractivity (Wildman–Crippen MR) is 113 cm³/mol. The fourth-order valence-corrected chi connectivity index (χ4v) is 2.66. The van der Waals surface area contributed by atoms with Crippen LogP contribution in [0.4, 0.5) is 5.82 Å². The summed E-state index contributed by atoms with van der Waals surface area (Å²) in [6.45, 7) is 6.36. The fourth-order valence-electron chi connectivity index (χ4n) is 2.66. The summed E-state index contributed by atoms with van der Waals surface area (Å²) < 4.78 is 5.40. The molecule has 1 aromatic carbocycles. The average molecular weight is 370 g/mol. The van der Waals surface area contributed by atoms with Crippen molar-refractivity contribution in [3.8, 4) is 5.75 Å². The predicted octanol–water partition coefficient (Wildman–Crippen LogP) is 2.76. The van der Waals surface area contributed by atoms with Crippen LogP contribution in [-0.2, 0) is 13.0 Å². The van der Waals surface area contributed by atoms with E-state index in [1.165, 1.54) is 5.56 Å². The van der Waals surface area contributed by atoms with Crippen LogP contribution in [0.2, 0.25) is 0 Å². The second-order valence-electron chi connectivity index (χ2n) is 6.59. The number of hydrogen-bond acceptors (Lipinski definition) is 4. The maximum Gasteiger partial charge on any atom is 0.191 e. The van der Waals surface area contributed by atoms with Gasteiger partial charge in [0.05, 0.1) is 13.7 Å². The lowest BCUT2D eigenvalue weighted by Crippen LogP contribution is -2.38. The van der Waals surface area contributed by atoms with Crippen LogP contribution < -0.4 is 20.3 Å². The molecule has 2 rings (SSSR count). The van der Waals surface area contributed by atoms with Crippen LogP contribution in [0, 0.1) is 6.92 Å². The maximum absolute atomic E-state index is 5.40. The van der Waals surface area contributed by atoms with E-state index in [4.69, 9.17) is 4.74 Å². The number of aliphatic imine (C=N–C) groups is 1. The van der Waals surface area contributed by atoms with Crippen LogP contribution >= 0.6 is 0 Å². The summed E-state index contributed by atoms with van der Waals surface area (Å²) in [7, 11) is 5.68. The highest BCUT2D eigenvalue weighted by atomic mass is 16.5. The van der Waals surface area contributed by atoms with E-state index in [1.54, 1.807) is 7.11 Å². The fraction of sp³-hybridized carbons (Fsp3) is 0.429. The maximum atomic E-state index is 5.40. The third-order valence-corrected chi connectivity index (χ3v) is 4.21. The molecule has 0 radical (unpaired) electrons. The van der Waals surface area contributed by atoms with Crippen LogP contribution in [0.25, 0.3) is 0 Å². The van der Waals surface area contributed by atoms with Gasteiger partial charge in [0.2, 0.25) is 0 Å². The molecular weight excluding hydrogens is 338 g/mol. The molecule has 0 aliphatic carbocycles. The first kappa shape index (κ1) is 20.6. The van der Waals surface area contributed by atoms with Gasteiger partial charge in [-0.3, -0.25) is 0 Å². The highest BCUT2D eigenvalue weighted by Crippen LogP contribution is 2.19. The van der Waals surface area contributed by atoms with Crippen LogP contribution in [0.5, 0.6) is 5.75 Å². The van der Waals surface area contributed by atoms with Gasteiger partial charge < -0.3 is 20.3 Å². The van der Waals surface area contributed by atoms with E-state index in [1.807, 2.05) is 31.3 Å². The Bertz CT molecular complexity index is 758. The molecule has 0 bridgehead atoms. The second kappa shape index (κ2) is 10.4. The average Bonchev–Trinajstić information content (AvgIpc) is 2.67. The van der Waals surface area contributed by atoms with Crippen molar-refractivity contribution in [2.45, 2.75) is 26.8 Å². The number of rotatable bonds is 8. The van der Waals surface area contributed by atoms with Crippen molar-refractivity contribution in [1.82, 2.24) is 15.6 Å². The van der Waals surface area contributed by atoms with Gasteiger partial charge in [-0.25, -0.2) is 9.98 Å². The van der Waals surface area contributed by atoms with Crippen molar-refractivity contribution in [1.29, 1.82) is 0 Å². The van der Waals surface area contributed by atoms with Gasteiger partial charge in [-0.2, -0.15) is 0 Å². The van der Waals surface area contributed by atoms with Crippen LogP contribution in [0.15, 0.2) is 41.5 Å². The summed E-state index contributed by atoms with van der Waals surface area (Å²) in [5.74, 6) is 2.69. The molecule has 2 aromatic rings. The zero-order chi connectivity index (χ0) is 19.6. The van der Waals surface area contributed by atoms with E-state index in [2.05, 4.69) is 58.7 Å². The zero-order valence-corrected chi connectivity index (χ0v) is 17.0. The minimum Gasteiger partial charge on any atom is -0.496 e. The highest BCUT2D eigenvalue weighted by Gasteiger charge is 2.03. The van der Waals surface area contributed by atoms with Gasteiger partial charge in [-0.05, 0) is 55.2 Å². The number of benzene rings is 1. The van der Waals surface area contributed by atoms with Crippen LogP contribution in [0.3, 0.4) is 0 Å². The van der Waals surface area contributed by atoms with Crippen molar-refractivity contribution in [3.05, 3.63) is 53.2 Å². The normalized spacial score (nSPS) is 11.2. The quantitative estimate of drug-likeness (QED) is 0.553. The van der Waals surface area contributed by atoms with Gasteiger partial charge in [-0.1, -0.05) is 12.1 Å². The molecular formula is C21H31N5O. The molecule has 6 nitrogen and oxygen atoms in total. The summed E-state index contributed by atoms with van der Waals surface area (Å²) >= 11 is 0. The Morgan fingerprint density at radius 3 is 2.67 bits per heavy atom. The molecule has 0 unspecified atom stereocenters. The van der Waals surface area contributed by atoms with E-state index >= 15 is 0 Å². The molecule has 0 atom stereocenters. The number of hydrogen-bond donors (Lipinski definition) is 2. The number of nitrogens with one attached hydrogen (secondary N) is 2. The Morgan fingerprint density at radius 2 is 1.96 bits per heavy atom. The lowest BCUT2D eigenvalue weighted by atomic mass is 10.1. The summed E-state index contributed by atoms with van der Waals surface area (Å²) in [5, 5.41) is 6.70. The first-order valence-electron chi connectivity index (χ1n) is 9.31. The van der Waals surface area contributed by atoms with Crippen molar-refractivity contribution < 1.29 is 4.74 Å². The zero-order valence-electron chi connectivity index (χ0n) is 17.0. The van der Waals surface area contributed by atoms with E-state index in [-0.39, 0.29) is 0 Å². The molecule has 1 aromatic heterocycles. The van der Waals surface area contributed by atoms with Crippen LogP contribution in [-0.4, -0.2) is 45.2 Å². The number of anilines is 1. The molecule has 0 aliphatic heterocycles. The molecule has 1 heterocycles. The number of ether oxygens (including phenoxy) is 1. The molecule has 0 fully saturated rings. The number of nitrogens with zero attached hydrogens (tertiary/aromatic N) is 3. The summed E-state index contributed by atoms with van der Waals surface area (Å²) in [6.07, 6.45) is 2.73. The van der Waals surface area contributed by atoms with Gasteiger partial charge in [0.25, 0.3) is 0 Å². The largest absolute Gasteiger partial charge is 0.496 e. The number of pyridine rings is 1. The standard InChI is InChI=1S/C21H31N5O/c1-6-22-21(25-15-18-10-11-23-20(14-18)26(3)4)24-12-9-17-8-7-16(2)19(13-17)27-5/h7-8,10-11,13-14H,6,9,12,15H2,1-5H3,(H2,22,24,25). The first-order valence-corrected chi connectivity index (χ1v) is 9.31. The van der Waals surface area contributed by atoms with E-state index in [9.17, 15) is 0 Å². The van der Waals surface area contributed by atoms with Crippen LogP contribution in [0.1, 0.15) is 23.6 Å². The third-order valence-electron chi connectivity index (χ3n) is 4.21. The van der Waals surface area contributed by atoms with E-state index in [0.717, 1.165) is 48.2 Å².